The Kier molecular flexibility index (Phi) is 4.92. The normalized spacial score (nSPS) is 25.1. The first-order valence-corrected chi connectivity index (χ1v) is 7.82. The maximum atomic E-state index is 4.24. The summed E-state index contributed by atoms with van der Waals surface area (Å²) in [7, 11) is 0. The van der Waals surface area contributed by atoms with Crippen molar-refractivity contribution >= 4 is 11.8 Å². The fourth-order valence-electron chi connectivity index (χ4n) is 2.53. The molecule has 2 rings (SSSR count). The van der Waals surface area contributed by atoms with Gasteiger partial charge < -0.3 is 9.88 Å². The van der Waals surface area contributed by atoms with Crippen LogP contribution in [0.3, 0.4) is 0 Å². The largest absolute Gasteiger partial charge is 0.334 e. The van der Waals surface area contributed by atoms with Gasteiger partial charge in [0.1, 0.15) is 5.82 Å². The molecule has 0 atom stereocenters. The van der Waals surface area contributed by atoms with Crippen molar-refractivity contribution in [2.24, 2.45) is 0 Å². The SMILES string of the molecule is CSC1CCC(NCCn2ccnc2C)CC1. The highest BCUT2D eigenvalue weighted by Gasteiger charge is 2.19. The van der Waals surface area contributed by atoms with Crippen LogP contribution in [-0.4, -0.2) is 33.6 Å². The third-order valence-electron chi connectivity index (χ3n) is 3.72. The van der Waals surface area contributed by atoms with Crippen LogP contribution >= 0.6 is 11.8 Å². The fourth-order valence-corrected chi connectivity index (χ4v) is 3.28. The van der Waals surface area contributed by atoms with E-state index in [1.165, 1.54) is 25.7 Å². The van der Waals surface area contributed by atoms with Crippen molar-refractivity contribution in [3.63, 3.8) is 0 Å². The highest BCUT2D eigenvalue weighted by atomic mass is 32.2. The van der Waals surface area contributed by atoms with Gasteiger partial charge in [-0.25, -0.2) is 4.98 Å². The van der Waals surface area contributed by atoms with Crippen LogP contribution in [0.25, 0.3) is 0 Å². The fraction of sp³-hybridized carbons (Fsp3) is 0.769. The molecule has 0 amide bonds. The molecule has 0 unspecified atom stereocenters. The number of rotatable bonds is 5. The van der Waals surface area contributed by atoms with Crippen LogP contribution in [0.1, 0.15) is 31.5 Å². The lowest BCUT2D eigenvalue weighted by Gasteiger charge is -2.28. The first-order chi connectivity index (χ1) is 8.29. The van der Waals surface area contributed by atoms with E-state index >= 15 is 0 Å². The van der Waals surface area contributed by atoms with Gasteiger partial charge in [0.25, 0.3) is 0 Å². The van der Waals surface area contributed by atoms with Crippen LogP contribution in [0.4, 0.5) is 0 Å². The van der Waals surface area contributed by atoms with Crippen LogP contribution in [0, 0.1) is 6.92 Å². The summed E-state index contributed by atoms with van der Waals surface area (Å²) < 4.78 is 2.21. The average molecular weight is 253 g/mol. The minimum absolute atomic E-state index is 0.738. The monoisotopic (exact) mass is 253 g/mol. The second kappa shape index (κ2) is 6.45. The van der Waals surface area contributed by atoms with Gasteiger partial charge in [-0.1, -0.05) is 0 Å². The van der Waals surface area contributed by atoms with E-state index in [0.29, 0.717) is 0 Å². The molecule has 0 bridgehead atoms. The highest BCUT2D eigenvalue weighted by molar-refractivity contribution is 7.99. The molecule has 0 aliphatic heterocycles. The quantitative estimate of drug-likeness (QED) is 0.874. The zero-order valence-corrected chi connectivity index (χ0v) is 11.7. The van der Waals surface area contributed by atoms with Gasteiger partial charge in [0.05, 0.1) is 0 Å². The molecule has 4 heteroatoms. The summed E-state index contributed by atoms with van der Waals surface area (Å²) in [6.45, 7) is 4.16. The van der Waals surface area contributed by atoms with Gasteiger partial charge in [-0.05, 0) is 38.9 Å². The van der Waals surface area contributed by atoms with Gasteiger partial charge in [-0.15, -0.1) is 0 Å². The molecule has 0 radical (unpaired) electrons. The Morgan fingerprint density at radius 2 is 2.18 bits per heavy atom. The van der Waals surface area contributed by atoms with Crippen LogP contribution in [-0.2, 0) is 6.54 Å². The van der Waals surface area contributed by atoms with Crippen molar-refractivity contribution in [2.75, 3.05) is 12.8 Å². The van der Waals surface area contributed by atoms with Crippen molar-refractivity contribution in [3.05, 3.63) is 18.2 Å². The number of aryl methyl sites for hydroxylation is 1. The first kappa shape index (κ1) is 13.0. The van der Waals surface area contributed by atoms with Gasteiger partial charge in [-0.2, -0.15) is 11.8 Å². The predicted octanol–water partition coefficient (Wildman–Crippen LogP) is 2.46. The molecule has 1 heterocycles. The Morgan fingerprint density at radius 1 is 1.41 bits per heavy atom. The van der Waals surface area contributed by atoms with Crippen LogP contribution in [0.5, 0.6) is 0 Å². The standard InChI is InChI=1S/C13H23N3S/c1-11-14-7-9-16(11)10-8-15-12-3-5-13(17-2)6-4-12/h7,9,12-13,15H,3-6,8,10H2,1-2H3. The Bertz CT molecular complexity index is 329. The van der Waals surface area contributed by atoms with E-state index in [-0.39, 0.29) is 0 Å². The summed E-state index contributed by atoms with van der Waals surface area (Å²) in [5.74, 6) is 1.11. The molecule has 0 spiro atoms. The summed E-state index contributed by atoms with van der Waals surface area (Å²) in [6.07, 6.45) is 11.6. The Morgan fingerprint density at radius 3 is 2.76 bits per heavy atom. The third kappa shape index (κ3) is 3.75. The molecule has 1 N–H and O–H groups in total. The topological polar surface area (TPSA) is 29.9 Å². The maximum absolute atomic E-state index is 4.24. The van der Waals surface area contributed by atoms with Gasteiger partial charge in [0, 0.05) is 36.8 Å². The van der Waals surface area contributed by atoms with Crippen molar-refractivity contribution in [3.8, 4) is 0 Å². The number of imidazole rings is 1. The van der Waals surface area contributed by atoms with E-state index in [2.05, 4.69) is 34.2 Å². The number of nitrogens with zero attached hydrogens (tertiary/aromatic N) is 2. The van der Waals surface area contributed by atoms with E-state index in [9.17, 15) is 0 Å². The van der Waals surface area contributed by atoms with E-state index in [1.54, 1.807) is 0 Å². The Labute approximate surface area is 108 Å². The smallest absolute Gasteiger partial charge is 0.105 e. The lowest BCUT2D eigenvalue weighted by molar-refractivity contribution is 0.373. The number of nitrogens with one attached hydrogen (secondary N) is 1. The van der Waals surface area contributed by atoms with E-state index < -0.39 is 0 Å². The number of aromatic nitrogens is 2. The molecular formula is C13H23N3S. The molecule has 1 aliphatic rings. The predicted molar refractivity (Wildman–Crippen MR) is 74.5 cm³/mol. The third-order valence-corrected chi connectivity index (χ3v) is 4.85. The summed E-state index contributed by atoms with van der Waals surface area (Å²) in [4.78, 5) is 4.24. The minimum atomic E-state index is 0.738. The van der Waals surface area contributed by atoms with Crippen molar-refractivity contribution < 1.29 is 0 Å². The molecule has 0 saturated heterocycles. The highest BCUT2D eigenvalue weighted by Crippen LogP contribution is 2.26. The van der Waals surface area contributed by atoms with E-state index in [0.717, 1.165) is 30.2 Å². The number of hydrogen-bond acceptors (Lipinski definition) is 3. The molecule has 1 saturated carbocycles. The number of hydrogen-bond donors (Lipinski definition) is 1. The molecule has 0 aromatic carbocycles. The van der Waals surface area contributed by atoms with Crippen molar-refractivity contribution in [2.45, 2.75) is 50.4 Å². The molecular weight excluding hydrogens is 230 g/mol. The van der Waals surface area contributed by atoms with Crippen LogP contribution in [0.2, 0.25) is 0 Å². The van der Waals surface area contributed by atoms with Gasteiger partial charge >= 0.3 is 0 Å². The van der Waals surface area contributed by atoms with Crippen LogP contribution in [0.15, 0.2) is 12.4 Å². The molecule has 1 aliphatic carbocycles. The Balaban J connectivity index is 1.65. The lowest BCUT2D eigenvalue weighted by Crippen LogP contribution is -2.35. The lowest BCUT2D eigenvalue weighted by atomic mass is 9.95. The summed E-state index contributed by atoms with van der Waals surface area (Å²) >= 11 is 2.03. The average Bonchev–Trinajstić information content (AvgIpc) is 2.76. The zero-order valence-electron chi connectivity index (χ0n) is 10.9. The zero-order chi connectivity index (χ0) is 12.1. The summed E-state index contributed by atoms with van der Waals surface area (Å²) in [6, 6.07) is 0.738. The van der Waals surface area contributed by atoms with Crippen LogP contribution < -0.4 is 5.32 Å². The Hall–Kier alpha value is -0.480. The molecule has 1 aromatic heterocycles. The number of thioether (sulfide) groups is 1. The second-order valence-electron chi connectivity index (χ2n) is 4.83. The molecule has 3 nitrogen and oxygen atoms in total. The van der Waals surface area contributed by atoms with E-state index in [1.807, 2.05) is 18.0 Å². The van der Waals surface area contributed by atoms with Gasteiger partial charge in [0.2, 0.25) is 0 Å². The molecule has 1 fully saturated rings. The molecule has 1 aromatic rings. The van der Waals surface area contributed by atoms with Crippen molar-refractivity contribution in [1.82, 2.24) is 14.9 Å². The van der Waals surface area contributed by atoms with Crippen molar-refractivity contribution in [1.29, 1.82) is 0 Å². The molecule has 17 heavy (non-hydrogen) atoms. The maximum Gasteiger partial charge on any atom is 0.105 e. The van der Waals surface area contributed by atoms with Gasteiger partial charge in [0.15, 0.2) is 0 Å². The second-order valence-corrected chi connectivity index (χ2v) is 5.97. The first-order valence-electron chi connectivity index (χ1n) is 6.53. The van der Waals surface area contributed by atoms with E-state index in [4.69, 9.17) is 0 Å². The van der Waals surface area contributed by atoms with Gasteiger partial charge in [-0.3, -0.25) is 0 Å². The summed E-state index contributed by atoms with van der Waals surface area (Å²) in [5.41, 5.74) is 0. The minimum Gasteiger partial charge on any atom is -0.334 e. The summed E-state index contributed by atoms with van der Waals surface area (Å²) in [5, 5.41) is 4.58. The molecule has 96 valence electrons.